The first kappa shape index (κ1) is 15.3. The first-order valence-corrected chi connectivity index (χ1v) is 6.39. The minimum Gasteiger partial charge on any atom is -0.726 e. The Morgan fingerprint density at radius 3 is 2.61 bits per heavy atom. The van der Waals surface area contributed by atoms with Crippen molar-refractivity contribution in [2.24, 2.45) is 0 Å². The van der Waals surface area contributed by atoms with E-state index in [2.05, 4.69) is 9.50 Å². The second-order valence-electron chi connectivity index (χ2n) is 3.85. The lowest BCUT2D eigenvalue weighted by Crippen LogP contribution is -2.59. The van der Waals surface area contributed by atoms with Crippen LogP contribution in [0.4, 0.5) is 0 Å². The van der Waals surface area contributed by atoms with Crippen molar-refractivity contribution in [3.63, 3.8) is 0 Å². The van der Waals surface area contributed by atoms with Crippen LogP contribution in [-0.4, -0.2) is 66.7 Å². The zero-order valence-electron chi connectivity index (χ0n) is 9.48. The normalized spacial score (nSPS) is 33.1. The molecule has 10 heteroatoms. The number of amides is 1. The Balaban J connectivity index is 2.55. The van der Waals surface area contributed by atoms with E-state index in [9.17, 15) is 28.0 Å². The molecule has 1 rings (SSSR count). The number of hydrogen-bond acceptors (Lipinski definition) is 8. The van der Waals surface area contributed by atoms with Gasteiger partial charge in [-0.15, -0.1) is 0 Å². The fourth-order valence-corrected chi connectivity index (χ4v) is 1.87. The summed E-state index contributed by atoms with van der Waals surface area (Å²) >= 11 is 0. The highest BCUT2D eigenvalue weighted by molar-refractivity contribution is 7.80. The van der Waals surface area contributed by atoms with E-state index in [1.807, 2.05) is 0 Å². The molecule has 9 nitrogen and oxygen atoms in total. The van der Waals surface area contributed by atoms with Gasteiger partial charge < -0.3 is 24.8 Å². The van der Waals surface area contributed by atoms with Crippen molar-refractivity contribution in [2.45, 2.75) is 31.3 Å². The molecular weight excluding hydrogens is 270 g/mol. The summed E-state index contributed by atoms with van der Waals surface area (Å²) in [5.41, 5.74) is 0. The minimum absolute atomic E-state index is 0.134. The number of rotatable bonds is 4. The lowest BCUT2D eigenvalue weighted by atomic mass is 9.98. The quantitative estimate of drug-likeness (QED) is 0.368. The summed E-state index contributed by atoms with van der Waals surface area (Å²) in [5, 5.41) is 21.6. The molecule has 1 saturated heterocycles. The fourth-order valence-electron chi connectivity index (χ4n) is 1.57. The molecule has 2 unspecified atom stereocenters. The predicted octanol–water partition coefficient (Wildman–Crippen LogP) is -2.91. The van der Waals surface area contributed by atoms with E-state index in [0.717, 1.165) is 0 Å². The van der Waals surface area contributed by atoms with Crippen molar-refractivity contribution in [2.75, 3.05) is 13.2 Å². The second kappa shape index (κ2) is 5.91. The van der Waals surface area contributed by atoms with Crippen molar-refractivity contribution in [1.29, 1.82) is 0 Å². The maximum Gasteiger partial charge on any atom is 0.217 e. The Hall–Kier alpha value is -0.780. The van der Waals surface area contributed by atoms with Crippen LogP contribution in [0.5, 0.6) is 0 Å². The fraction of sp³-hybridized carbons (Fsp3) is 0.875. The third-order valence-corrected chi connectivity index (χ3v) is 2.82. The molecule has 1 heterocycles. The molecule has 18 heavy (non-hydrogen) atoms. The molecule has 0 aromatic heterocycles. The van der Waals surface area contributed by atoms with Crippen molar-refractivity contribution < 1.29 is 36.9 Å². The number of aliphatic hydroxyl groups is 2. The van der Waals surface area contributed by atoms with Crippen LogP contribution in [0.25, 0.3) is 0 Å². The van der Waals surface area contributed by atoms with Crippen LogP contribution in [0.2, 0.25) is 0 Å². The summed E-state index contributed by atoms with van der Waals surface area (Å²) in [6.07, 6.45) is -3.98. The maximum atomic E-state index is 10.8. The molecule has 1 aliphatic heterocycles. The zero-order chi connectivity index (χ0) is 13.9. The van der Waals surface area contributed by atoms with E-state index in [1.165, 1.54) is 6.92 Å². The van der Waals surface area contributed by atoms with E-state index in [4.69, 9.17) is 4.74 Å². The molecule has 1 aliphatic rings. The maximum absolute atomic E-state index is 10.8. The average Bonchev–Trinajstić information content (AvgIpc) is 2.22. The molecule has 0 aromatic rings. The lowest BCUT2D eigenvalue weighted by molar-refractivity contribution is -0.162. The second-order valence-corrected chi connectivity index (χ2v) is 4.90. The Morgan fingerprint density at radius 2 is 2.11 bits per heavy atom. The van der Waals surface area contributed by atoms with Crippen LogP contribution in [0.1, 0.15) is 6.92 Å². The number of carbonyl (C=O) groups excluding carboxylic acids is 1. The Labute approximate surface area is 104 Å². The van der Waals surface area contributed by atoms with Gasteiger partial charge in [-0.3, -0.25) is 8.98 Å². The topological polar surface area (TPSA) is 145 Å². The lowest BCUT2D eigenvalue weighted by Gasteiger charge is -2.37. The van der Waals surface area contributed by atoms with Crippen LogP contribution in [-0.2, 0) is 24.1 Å². The third-order valence-electron chi connectivity index (χ3n) is 2.40. The molecule has 1 fully saturated rings. The first-order valence-electron chi connectivity index (χ1n) is 5.06. The molecule has 0 spiro atoms. The Kier molecular flexibility index (Phi) is 5.01. The highest BCUT2D eigenvalue weighted by Crippen LogP contribution is 2.16. The van der Waals surface area contributed by atoms with Crippen LogP contribution in [0.15, 0.2) is 0 Å². The Bertz CT molecular complexity index is 396. The van der Waals surface area contributed by atoms with E-state index in [-0.39, 0.29) is 6.61 Å². The van der Waals surface area contributed by atoms with Gasteiger partial charge in [0.1, 0.15) is 18.3 Å². The van der Waals surface area contributed by atoms with Gasteiger partial charge in [-0.1, -0.05) is 0 Å². The van der Waals surface area contributed by atoms with Crippen molar-refractivity contribution in [3.05, 3.63) is 0 Å². The largest absolute Gasteiger partial charge is 0.726 e. The summed E-state index contributed by atoms with van der Waals surface area (Å²) in [5.74, 6) is -0.410. The molecule has 0 bridgehead atoms. The summed E-state index contributed by atoms with van der Waals surface area (Å²) in [7, 11) is -4.89. The third kappa shape index (κ3) is 4.48. The van der Waals surface area contributed by atoms with Gasteiger partial charge in [0.15, 0.2) is 0 Å². The molecule has 3 N–H and O–H groups in total. The summed E-state index contributed by atoms with van der Waals surface area (Å²) in [4.78, 5) is 10.8. The van der Waals surface area contributed by atoms with Gasteiger partial charge in [0, 0.05) is 6.92 Å². The van der Waals surface area contributed by atoms with Crippen LogP contribution in [0, 0.1) is 0 Å². The molecular formula is C8H14NO8S-. The zero-order valence-corrected chi connectivity index (χ0v) is 10.3. The number of aliphatic hydroxyl groups excluding tert-OH is 2. The molecule has 0 radical (unpaired) electrons. The number of nitrogens with one attached hydrogen (secondary N) is 1. The highest BCUT2D eigenvalue weighted by Gasteiger charge is 2.39. The Morgan fingerprint density at radius 1 is 1.50 bits per heavy atom. The van der Waals surface area contributed by atoms with Crippen LogP contribution < -0.4 is 5.32 Å². The van der Waals surface area contributed by atoms with Gasteiger partial charge in [-0.2, -0.15) is 0 Å². The molecule has 0 aromatic carbocycles. The van der Waals surface area contributed by atoms with Crippen molar-refractivity contribution in [3.8, 4) is 0 Å². The molecule has 106 valence electrons. The van der Waals surface area contributed by atoms with E-state index >= 15 is 0 Å². The van der Waals surface area contributed by atoms with Gasteiger partial charge in [0.2, 0.25) is 16.3 Å². The van der Waals surface area contributed by atoms with Crippen molar-refractivity contribution in [1.82, 2.24) is 5.32 Å². The number of carbonyl (C=O) groups is 1. The van der Waals surface area contributed by atoms with E-state index < -0.39 is 47.3 Å². The molecule has 0 aliphatic carbocycles. The highest BCUT2D eigenvalue weighted by atomic mass is 32.3. The number of hydrogen-bond donors (Lipinski definition) is 3. The minimum atomic E-state index is -4.89. The molecule has 4 atom stereocenters. The van der Waals surface area contributed by atoms with Gasteiger partial charge in [0.25, 0.3) is 0 Å². The molecule has 0 saturated carbocycles. The standard InChI is InChI=1S/C8H15NO8S/c1-4(10)9-5-2-16-6(8(12)7(5)11)3-17-18(13,14)15/h5-8,11-12H,2-3H2,1H3,(H,9,10)(H,13,14,15)/p-1/t5?,6?,7-,8+/m1/s1. The van der Waals surface area contributed by atoms with E-state index in [1.54, 1.807) is 0 Å². The van der Waals surface area contributed by atoms with Crippen LogP contribution >= 0.6 is 0 Å². The summed E-state index contributed by atoms with van der Waals surface area (Å²) in [6.45, 7) is 0.403. The summed E-state index contributed by atoms with van der Waals surface area (Å²) in [6, 6.07) is -0.808. The van der Waals surface area contributed by atoms with Crippen molar-refractivity contribution >= 4 is 16.3 Å². The van der Waals surface area contributed by atoms with Crippen LogP contribution in [0.3, 0.4) is 0 Å². The van der Waals surface area contributed by atoms with Gasteiger partial charge >= 0.3 is 0 Å². The summed E-state index contributed by atoms with van der Waals surface area (Å²) < 4.78 is 39.7. The van der Waals surface area contributed by atoms with Gasteiger partial charge in [0.05, 0.1) is 19.3 Å². The molecule has 1 amide bonds. The number of ether oxygens (including phenoxy) is 1. The van der Waals surface area contributed by atoms with Gasteiger partial charge in [-0.05, 0) is 0 Å². The first-order chi connectivity index (χ1) is 8.20. The van der Waals surface area contributed by atoms with Gasteiger partial charge in [-0.25, -0.2) is 8.42 Å². The predicted molar refractivity (Wildman–Crippen MR) is 55.0 cm³/mol. The smallest absolute Gasteiger partial charge is 0.217 e. The average molecular weight is 284 g/mol. The monoisotopic (exact) mass is 284 g/mol. The van der Waals surface area contributed by atoms with E-state index in [0.29, 0.717) is 0 Å². The SMILES string of the molecule is CC(=O)NC1COC(COS(=O)(=O)[O-])[C@H](O)[C@@H]1O.